The van der Waals surface area contributed by atoms with Gasteiger partial charge in [-0.25, -0.2) is 5.10 Å². The summed E-state index contributed by atoms with van der Waals surface area (Å²) in [5.74, 6) is 0.488. The second-order valence-corrected chi connectivity index (χ2v) is 5.08. The highest BCUT2D eigenvalue weighted by Crippen LogP contribution is 2.29. The van der Waals surface area contributed by atoms with Crippen LogP contribution in [0.1, 0.15) is 23.3 Å². The third-order valence-electron chi connectivity index (χ3n) is 3.47. The molecule has 1 aromatic carbocycles. The van der Waals surface area contributed by atoms with E-state index in [0.29, 0.717) is 22.4 Å². The van der Waals surface area contributed by atoms with Crippen molar-refractivity contribution in [1.82, 2.24) is 15.1 Å². The van der Waals surface area contributed by atoms with Crippen molar-refractivity contribution >= 4 is 16.7 Å². The number of H-pyrrole nitrogens is 1. The maximum atomic E-state index is 12.4. The summed E-state index contributed by atoms with van der Waals surface area (Å²) in [6.07, 6.45) is 2.38. The van der Waals surface area contributed by atoms with Gasteiger partial charge in [0.25, 0.3) is 11.5 Å². The predicted octanol–water partition coefficient (Wildman–Crippen LogP) is 1.41. The molecule has 1 N–H and O–H groups in total. The Morgan fingerprint density at radius 2 is 2.05 bits per heavy atom. The predicted molar refractivity (Wildman–Crippen MR) is 72.0 cm³/mol. The minimum Gasteiger partial charge on any atom is -0.340 e. The van der Waals surface area contributed by atoms with E-state index in [1.165, 1.54) is 12.8 Å². The molecule has 1 saturated carbocycles. The topological polar surface area (TPSA) is 66.1 Å². The molecule has 1 aliphatic rings. The molecule has 0 spiro atoms. The van der Waals surface area contributed by atoms with Crippen LogP contribution in [0.2, 0.25) is 0 Å². The van der Waals surface area contributed by atoms with Gasteiger partial charge in [-0.3, -0.25) is 9.59 Å². The van der Waals surface area contributed by atoms with Crippen molar-refractivity contribution in [1.29, 1.82) is 0 Å². The first kappa shape index (κ1) is 11.9. The van der Waals surface area contributed by atoms with Crippen molar-refractivity contribution < 1.29 is 4.79 Å². The smallest absolute Gasteiger partial charge is 0.274 e. The second kappa shape index (κ2) is 4.50. The first-order valence-corrected chi connectivity index (χ1v) is 6.39. The standard InChI is InChI=1S/C14H15N3O2/c1-17(8-9-6-7-9)14(19)12-10-4-2-3-5-11(10)13(18)16-15-12/h2-5,9H,6-8H2,1H3,(H,16,18). The number of hydrogen-bond acceptors (Lipinski definition) is 3. The number of carbonyl (C=O) groups excluding carboxylic acids is 1. The van der Waals surface area contributed by atoms with Gasteiger partial charge in [0.2, 0.25) is 0 Å². The molecule has 0 unspecified atom stereocenters. The molecule has 1 amide bonds. The van der Waals surface area contributed by atoms with Crippen molar-refractivity contribution in [3.63, 3.8) is 0 Å². The lowest BCUT2D eigenvalue weighted by molar-refractivity contribution is 0.0784. The van der Waals surface area contributed by atoms with Crippen LogP contribution in [0.5, 0.6) is 0 Å². The van der Waals surface area contributed by atoms with Gasteiger partial charge in [-0.2, -0.15) is 5.10 Å². The van der Waals surface area contributed by atoms with E-state index in [0.717, 1.165) is 6.54 Å². The van der Waals surface area contributed by atoms with Gasteiger partial charge in [0.1, 0.15) is 0 Å². The van der Waals surface area contributed by atoms with Crippen molar-refractivity contribution in [2.45, 2.75) is 12.8 Å². The quantitative estimate of drug-likeness (QED) is 0.904. The van der Waals surface area contributed by atoms with Gasteiger partial charge >= 0.3 is 0 Å². The summed E-state index contributed by atoms with van der Waals surface area (Å²) in [5.41, 5.74) is 0.0512. The molecule has 5 heteroatoms. The molecule has 98 valence electrons. The lowest BCUT2D eigenvalue weighted by atomic mass is 10.1. The summed E-state index contributed by atoms with van der Waals surface area (Å²) < 4.78 is 0. The van der Waals surface area contributed by atoms with E-state index in [4.69, 9.17) is 0 Å². The summed E-state index contributed by atoms with van der Waals surface area (Å²) in [4.78, 5) is 25.7. The Kier molecular flexibility index (Phi) is 2.81. The summed E-state index contributed by atoms with van der Waals surface area (Å²) in [7, 11) is 1.78. The van der Waals surface area contributed by atoms with Gasteiger partial charge in [-0.1, -0.05) is 18.2 Å². The summed E-state index contributed by atoms with van der Waals surface area (Å²) in [5, 5.41) is 7.43. The molecule has 0 saturated heterocycles. The molecule has 19 heavy (non-hydrogen) atoms. The summed E-state index contributed by atoms with van der Waals surface area (Å²) in [6, 6.07) is 7.05. The van der Waals surface area contributed by atoms with Gasteiger partial charge in [0.05, 0.1) is 5.39 Å². The molecule has 0 bridgehead atoms. The fourth-order valence-electron chi connectivity index (χ4n) is 2.23. The van der Waals surface area contributed by atoms with Crippen molar-refractivity contribution in [2.75, 3.05) is 13.6 Å². The minimum atomic E-state index is -0.267. The van der Waals surface area contributed by atoms with Crippen LogP contribution in [0.25, 0.3) is 10.8 Å². The lowest BCUT2D eigenvalue weighted by Crippen LogP contribution is -2.30. The molecule has 3 rings (SSSR count). The number of aromatic amines is 1. The summed E-state index contributed by atoms with van der Waals surface area (Å²) in [6.45, 7) is 0.758. The molecule has 5 nitrogen and oxygen atoms in total. The lowest BCUT2D eigenvalue weighted by Gasteiger charge is -2.16. The van der Waals surface area contributed by atoms with Gasteiger partial charge in [0.15, 0.2) is 5.69 Å². The minimum absolute atomic E-state index is 0.139. The van der Waals surface area contributed by atoms with Crippen LogP contribution in [0, 0.1) is 5.92 Å². The maximum absolute atomic E-state index is 12.4. The Morgan fingerprint density at radius 1 is 1.37 bits per heavy atom. The van der Waals surface area contributed by atoms with Gasteiger partial charge < -0.3 is 4.90 Å². The van der Waals surface area contributed by atoms with Gasteiger partial charge in [-0.15, -0.1) is 0 Å². The summed E-state index contributed by atoms with van der Waals surface area (Å²) >= 11 is 0. The largest absolute Gasteiger partial charge is 0.340 e. The molecule has 0 aliphatic heterocycles. The van der Waals surface area contributed by atoms with Gasteiger partial charge in [0, 0.05) is 19.0 Å². The number of carbonyl (C=O) groups is 1. The number of benzene rings is 1. The first-order chi connectivity index (χ1) is 9.16. The van der Waals surface area contributed by atoms with Crippen LogP contribution in [-0.4, -0.2) is 34.6 Å². The zero-order valence-corrected chi connectivity index (χ0v) is 10.7. The third kappa shape index (κ3) is 2.23. The number of fused-ring (bicyclic) bond motifs is 1. The van der Waals surface area contributed by atoms with Crippen molar-refractivity contribution in [2.24, 2.45) is 5.92 Å². The van der Waals surface area contributed by atoms with Crippen molar-refractivity contribution in [3.8, 4) is 0 Å². The van der Waals surface area contributed by atoms with E-state index < -0.39 is 0 Å². The third-order valence-corrected chi connectivity index (χ3v) is 3.47. The highest BCUT2D eigenvalue weighted by atomic mass is 16.2. The van der Waals surface area contributed by atoms with Crippen LogP contribution in [-0.2, 0) is 0 Å². The molecule has 0 atom stereocenters. The Hall–Kier alpha value is -2.17. The van der Waals surface area contributed by atoms with Gasteiger partial charge in [-0.05, 0) is 24.8 Å². The van der Waals surface area contributed by atoms with Crippen LogP contribution < -0.4 is 5.56 Å². The molecule has 1 fully saturated rings. The number of nitrogens with zero attached hydrogens (tertiary/aromatic N) is 2. The van der Waals surface area contributed by atoms with Crippen LogP contribution >= 0.6 is 0 Å². The Bertz CT molecular complexity index is 688. The van der Waals surface area contributed by atoms with E-state index in [-0.39, 0.29) is 11.5 Å². The van der Waals surface area contributed by atoms with E-state index in [9.17, 15) is 9.59 Å². The maximum Gasteiger partial charge on any atom is 0.274 e. The number of amides is 1. The monoisotopic (exact) mass is 257 g/mol. The molecular formula is C14H15N3O2. The fourth-order valence-corrected chi connectivity index (χ4v) is 2.23. The Morgan fingerprint density at radius 3 is 2.74 bits per heavy atom. The van der Waals surface area contributed by atoms with Crippen LogP contribution in [0.3, 0.4) is 0 Å². The normalized spacial score (nSPS) is 14.6. The number of aromatic nitrogens is 2. The van der Waals surface area contributed by atoms with E-state index in [1.807, 2.05) is 0 Å². The van der Waals surface area contributed by atoms with E-state index in [2.05, 4.69) is 10.2 Å². The van der Waals surface area contributed by atoms with Crippen LogP contribution in [0.4, 0.5) is 0 Å². The molecule has 1 aliphatic carbocycles. The molecule has 0 radical (unpaired) electrons. The number of rotatable bonds is 3. The first-order valence-electron chi connectivity index (χ1n) is 6.39. The van der Waals surface area contributed by atoms with E-state index >= 15 is 0 Å². The molecule has 1 heterocycles. The second-order valence-electron chi connectivity index (χ2n) is 5.08. The Labute approximate surface area is 110 Å². The number of hydrogen-bond donors (Lipinski definition) is 1. The highest BCUT2D eigenvalue weighted by molar-refractivity contribution is 6.04. The average molecular weight is 257 g/mol. The number of nitrogens with one attached hydrogen (secondary N) is 1. The fraction of sp³-hybridized carbons (Fsp3) is 0.357. The molecular weight excluding hydrogens is 242 g/mol. The molecule has 2 aromatic rings. The molecule has 1 aromatic heterocycles. The SMILES string of the molecule is CN(CC1CC1)C(=O)c1n[nH]c(=O)c2ccccc12. The average Bonchev–Trinajstić information content (AvgIpc) is 3.23. The van der Waals surface area contributed by atoms with Crippen molar-refractivity contribution in [3.05, 3.63) is 40.3 Å². The Balaban J connectivity index is 2.02. The zero-order valence-electron chi connectivity index (χ0n) is 10.7. The van der Waals surface area contributed by atoms with E-state index in [1.54, 1.807) is 36.2 Å². The highest BCUT2D eigenvalue weighted by Gasteiger charge is 2.26. The van der Waals surface area contributed by atoms with Crippen LogP contribution in [0.15, 0.2) is 29.1 Å². The zero-order chi connectivity index (χ0) is 13.4.